The van der Waals surface area contributed by atoms with Gasteiger partial charge in [0, 0.05) is 10.5 Å². The molecule has 0 spiro atoms. The van der Waals surface area contributed by atoms with Crippen molar-refractivity contribution in [3.8, 4) is 0 Å². The second-order valence-corrected chi connectivity index (χ2v) is 9.18. The zero-order chi connectivity index (χ0) is 19.3. The lowest BCUT2D eigenvalue weighted by atomic mass is 10.1. The largest absolute Gasteiger partial charge is 0.352 e. The highest BCUT2D eigenvalue weighted by atomic mass is 79.9. The fraction of sp³-hybridized carbons (Fsp3) is 0.316. The van der Waals surface area contributed by atoms with E-state index in [-0.39, 0.29) is 29.3 Å². The van der Waals surface area contributed by atoms with Crippen molar-refractivity contribution in [2.75, 3.05) is 10.8 Å². The number of amides is 1. The van der Waals surface area contributed by atoms with E-state index < -0.39 is 10.0 Å². The number of benzene rings is 2. The van der Waals surface area contributed by atoms with Crippen LogP contribution in [-0.4, -0.2) is 26.9 Å². The van der Waals surface area contributed by atoms with Crippen LogP contribution in [0, 0.1) is 5.92 Å². The van der Waals surface area contributed by atoms with Crippen LogP contribution < -0.4 is 9.62 Å². The number of nitrogens with zero attached hydrogens (tertiary/aromatic N) is 1. The van der Waals surface area contributed by atoms with E-state index in [0.717, 1.165) is 8.78 Å². The highest BCUT2D eigenvalue weighted by Gasteiger charge is 2.27. The van der Waals surface area contributed by atoms with Crippen LogP contribution in [0.25, 0.3) is 0 Å². The number of hydrogen-bond acceptors (Lipinski definition) is 3. The maximum Gasteiger partial charge on any atom is 0.264 e. The minimum Gasteiger partial charge on any atom is -0.352 e. The molecule has 0 saturated carbocycles. The van der Waals surface area contributed by atoms with Gasteiger partial charge in [-0.15, -0.1) is 0 Å². The first kappa shape index (κ1) is 20.5. The van der Waals surface area contributed by atoms with Gasteiger partial charge in [-0.25, -0.2) is 8.42 Å². The first-order chi connectivity index (χ1) is 12.2. The molecule has 0 aromatic heterocycles. The Morgan fingerprint density at radius 1 is 1.08 bits per heavy atom. The summed E-state index contributed by atoms with van der Waals surface area (Å²) in [5.41, 5.74) is 0.426. The SMILES string of the molecule is CC(C)[C@H](C)NC(=O)CN(c1cccc(Br)c1)S(=O)(=O)c1ccccc1. The second-order valence-electron chi connectivity index (χ2n) is 6.40. The molecule has 1 amide bonds. The summed E-state index contributed by atoms with van der Waals surface area (Å²) in [5.74, 6) is -0.0883. The van der Waals surface area contributed by atoms with E-state index in [9.17, 15) is 13.2 Å². The Bertz CT molecular complexity index is 854. The molecule has 0 saturated heterocycles. The molecule has 0 heterocycles. The Morgan fingerprint density at radius 3 is 2.31 bits per heavy atom. The number of hydrogen-bond donors (Lipinski definition) is 1. The van der Waals surface area contributed by atoms with Crippen molar-refractivity contribution in [2.24, 2.45) is 5.92 Å². The molecule has 2 aromatic carbocycles. The first-order valence-corrected chi connectivity index (χ1v) is 10.6. The van der Waals surface area contributed by atoms with E-state index in [2.05, 4.69) is 21.2 Å². The molecule has 0 radical (unpaired) electrons. The van der Waals surface area contributed by atoms with Crippen LogP contribution in [0.2, 0.25) is 0 Å². The summed E-state index contributed by atoms with van der Waals surface area (Å²) in [6.07, 6.45) is 0. The van der Waals surface area contributed by atoms with Gasteiger partial charge in [0.1, 0.15) is 6.54 Å². The molecule has 0 unspecified atom stereocenters. The summed E-state index contributed by atoms with van der Waals surface area (Å²) in [7, 11) is -3.87. The number of anilines is 1. The van der Waals surface area contributed by atoms with Crippen molar-refractivity contribution in [2.45, 2.75) is 31.7 Å². The molecule has 0 aliphatic carbocycles. The molecule has 0 fully saturated rings. The van der Waals surface area contributed by atoms with E-state index >= 15 is 0 Å². The topological polar surface area (TPSA) is 66.5 Å². The molecule has 26 heavy (non-hydrogen) atoms. The predicted octanol–water partition coefficient (Wildman–Crippen LogP) is 3.81. The maximum absolute atomic E-state index is 13.1. The van der Waals surface area contributed by atoms with Gasteiger partial charge in [-0.3, -0.25) is 9.10 Å². The van der Waals surface area contributed by atoms with Gasteiger partial charge in [-0.1, -0.05) is 54.0 Å². The quantitative estimate of drug-likeness (QED) is 0.714. The van der Waals surface area contributed by atoms with Crippen molar-refractivity contribution in [1.29, 1.82) is 0 Å². The smallest absolute Gasteiger partial charge is 0.264 e. The lowest BCUT2D eigenvalue weighted by Gasteiger charge is -2.26. The molecule has 140 valence electrons. The predicted molar refractivity (Wildman–Crippen MR) is 108 cm³/mol. The van der Waals surface area contributed by atoms with Crippen LogP contribution in [0.4, 0.5) is 5.69 Å². The Labute approximate surface area is 163 Å². The summed E-state index contributed by atoms with van der Waals surface area (Å²) in [4.78, 5) is 12.6. The van der Waals surface area contributed by atoms with Gasteiger partial charge in [0.25, 0.3) is 10.0 Å². The average Bonchev–Trinajstić information content (AvgIpc) is 2.60. The average molecular weight is 439 g/mol. The van der Waals surface area contributed by atoms with Gasteiger partial charge in [0.15, 0.2) is 0 Å². The van der Waals surface area contributed by atoms with Crippen molar-refractivity contribution in [3.05, 3.63) is 59.1 Å². The van der Waals surface area contributed by atoms with Crippen molar-refractivity contribution < 1.29 is 13.2 Å². The van der Waals surface area contributed by atoms with Crippen molar-refractivity contribution in [3.63, 3.8) is 0 Å². The Hall–Kier alpha value is -1.86. The van der Waals surface area contributed by atoms with Gasteiger partial charge in [-0.05, 0) is 43.2 Å². The summed E-state index contributed by atoms with van der Waals surface area (Å²) in [6, 6.07) is 15.0. The number of halogens is 1. The van der Waals surface area contributed by atoms with Gasteiger partial charge < -0.3 is 5.32 Å². The van der Waals surface area contributed by atoms with E-state index in [1.165, 1.54) is 12.1 Å². The minimum absolute atomic E-state index is 0.0497. The molecule has 2 rings (SSSR count). The fourth-order valence-corrected chi connectivity index (χ4v) is 4.08. The lowest BCUT2D eigenvalue weighted by molar-refractivity contribution is -0.120. The molecular formula is C19H23BrN2O3S. The zero-order valence-electron chi connectivity index (χ0n) is 15.0. The van der Waals surface area contributed by atoms with E-state index in [1.54, 1.807) is 42.5 Å². The number of nitrogens with one attached hydrogen (secondary N) is 1. The van der Waals surface area contributed by atoms with Gasteiger partial charge in [0.05, 0.1) is 10.6 Å². The van der Waals surface area contributed by atoms with Crippen LogP contribution in [0.15, 0.2) is 64.0 Å². The number of carbonyl (C=O) groups excluding carboxylic acids is 1. The molecule has 0 aliphatic rings. The second kappa shape index (κ2) is 8.68. The Kier molecular flexibility index (Phi) is 6.83. The number of sulfonamides is 1. The third-order valence-electron chi connectivity index (χ3n) is 4.10. The molecule has 7 heteroatoms. The molecule has 5 nitrogen and oxygen atoms in total. The molecule has 0 aliphatic heterocycles. The summed E-state index contributed by atoms with van der Waals surface area (Å²) in [6.45, 7) is 5.61. The third-order valence-corrected chi connectivity index (χ3v) is 6.38. The number of carbonyl (C=O) groups is 1. The van der Waals surface area contributed by atoms with Crippen LogP contribution in [0.3, 0.4) is 0 Å². The maximum atomic E-state index is 13.1. The normalized spacial score (nSPS) is 12.7. The minimum atomic E-state index is -3.87. The monoisotopic (exact) mass is 438 g/mol. The highest BCUT2D eigenvalue weighted by molar-refractivity contribution is 9.10. The number of rotatable bonds is 7. The molecule has 2 aromatic rings. The van der Waals surface area contributed by atoms with Crippen molar-refractivity contribution >= 4 is 37.5 Å². The van der Waals surface area contributed by atoms with Crippen molar-refractivity contribution in [1.82, 2.24) is 5.32 Å². The van der Waals surface area contributed by atoms with Gasteiger partial charge in [-0.2, -0.15) is 0 Å². The van der Waals surface area contributed by atoms with E-state index in [4.69, 9.17) is 0 Å². The van der Waals surface area contributed by atoms with Gasteiger partial charge in [0.2, 0.25) is 5.91 Å². The third kappa shape index (κ3) is 5.08. The summed E-state index contributed by atoms with van der Waals surface area (Å²) in [5, 5.41) is 2.86. The molecule has 1 N–H and O–H groups in total. The summed E-state index contributed by atoms with van der Waals surface area (Å²) < 4.78 is 28.1. The molecule has 0 bridgehead atoms. The van der Waals surface area contributed by atoms with Crippen LogP contribution >= 0.6 is 15.9 Å². The highest BCUT2D eigenvalue weighted by Crippen LogP contribution is 2.26. The molecule has 1 atom stereocenters. The van der Waals surface area contributed by atoms with Gasteiger partial charge >= 0.3 is 0 Å². The first-order valence-electron chi connectivity index (χ1n) is 8.34. The zero-order valence-corrected chi connectivity index (χ0v) is 17.4. The van der Waals surface area contributed by atoms with Crippen LogP contribution in [-0.2, 0) is 14.8 Å². The fourth-order valence-electron chi connectivity index (χ4n) is 2.26. The van der Waals surface area contributed by atoms with E-state index in [1.807, 2.05) is 20.8 Å². The van der Waals surface area contributed by atoms with Crippen LogP contribution in [0.5, 0.6) is 0 Å². The Morgan fingerprint density at radius 2 is 1.73 bits per heavy atom. The van der Waals surface area contributed by atoms with E-state index in [0.29, 0.717) is 5.69 Å². The lowest BCUT2D eigenvalue weighted by Crippen LogP contribution is -2.45. The van der Waals surface area contributed by atoms with Crippen LogP contribution in [0.1, 0.15) is 20.8 Å². The Balaban J connectivity index is 2.39. The molecular weight excluding hydrogens is 416 g/mol. The summed E-state index contributed by atoms with van der Waals surface area (Å²) >= 11 is 3.36. The standard InChI is InChI=1S/C19H23BrN2O3S/c1-14(2)15(3)21-19(23)13-22(17-9-7-8-16(20)12-17)26(24,25)18-10-5-4-6-11-18/h4-12,14-15H,13H2,1-3H3,(H,21,23)/t15-/m0/s1.